The second-order valence-corrected chi connectivity index (χ2v) is 5.89. The molecule has 0 radical (unpaired) electrons. The Hall–Kier alpha value is -0.810. The predicted octanol–water partition coefficient (Wildman–Crippen LogP) is 5.38. The van der Waals surface area contributed by atoms with E-state index >= 15 is 0 Å². The van der Waals surface area contributed by atoms with Crippen molar-refractivity contribution >= 4 is 39.1 Å². The lowest BCUT2D eigenvalue weighted by atomic mass is 10.0. The average molecular weight is 394 g/mol. The molecule has 6 heteroatoms. The fraction of sp³-hybridized carbons (Fsp3) is 0.200. The zero-order valence-corrected chi connectivity index (χ0v) is 14.1. The molecule has 2 aromatic rings. The standard InChI is InChI=1S/C15H12BrCl2FO2/c1-2-21-13-7-10(17)9(6-11(13)18)15(20)8-4-3-5-12(19)14(8)16/h3-7,15,20H,2H2,1H3. The molecule has 0 heterocycles. The molecule has 0 aliphatic carbocycles. The van der Waals surface area contributed by atoms with Gasteiger partial charge in [-0.25, -0.2) is 4.39 Å². The molecule has 0 fully saturated rings. The van der Waals surface area contributed by atoms with Crippen LogP contribution in [0.2, 0.25) is 10.0 Å². The van der Waals surface area contributed by atoms with Gasteiger partial charge in [0.15, 0.2) is 0 Å². The molecule has 2 nitrogen and oxygen atoms in total. The highest BCUT2D eigenvalue weighted by Crippen LogP contribution is 2.38. The van der Waals surface area contributed by atoms with Crippen molar-refractivity contribution < 1.29 is 14.2 Å². The monoisotopic (exact) mass is 392 g/mol. The van der Waals surface area contributed by atoms with Gasteiger partial charge >= 0.3 is 0 Å². The lowest BCUT2D eigenvalue weighted by Gasteiger charge is -2.17. The van der Waals surface area contributed by atoms with Gasteiger partial charge in [-0.3, -0.25) is 0 Å². The van der Waals surface area contributed by atoms with E-state index in [4.69, 9.17) is 27.9 Å². The fourth-order valence-corrected chi connectivity index (χ4v) is 2.88. The van der Waals surface area contributed by atoms with Crippen molar-refractivity contribution in [2.45, 2.75) is 13.0 Å². The maximum atomic E-state index is 13.6. The Balaban J connectivity index is 2.46. The Morgan fingerprint density at radius 2 is 1.95 bits per heavy atom. The molecule has 0 spiro atoms. The van der Waals surface area contributed by atoms with Crippen molar-refractivity contribution in [3.8, 4) is 5.75 Å². The summed E-state index contributed by atoms with van der Waals surface area (Å²) >= 11 is 15.4. The van der Waals surface area contributed by atoms with Crippen molar-refractivity contribution in [1.29, 1.82) is 0 Å². The molecule has 2 aromatic carbocycles. The second kappa shape index (κ2) is 6.97. The molecule has 2 rings (SSSR count). The third-order valence-corrected chi connectivity index (χ3v) is 4.38. The molecule has 112 valence electrons. The summed E-state index contributed by atoms with van der Waals surface area (Å²) in [6.45, 7) is 2.28. The number of hydrogen-bond acceptors (Lipinski definition) is 2. The Morgan fingerprint density at radius 3 is 2.62 bits per heavy atom. The van der Waals surface area contributed by atoms with E-state index in [2.05, 4.69) is 15.9 Å². The van der Waals surface area contributed by atoms with Crippen LogP contribution in [-0.2, 0) is 0 Å². The van der Waals surface area contributed by atoms with E-state index in [1.165, 1.54) is 18.2 Å². The molecule has 0 saturated heterocycles. The molecular formula is C15H12BrCl2FO2. The Kier molecular flexibility index (Phi) is 5.49. The molecule has 0 amide bonds. The normalized spacial score (nSPS) is 12.3. The summed E-state index contributed by atoms with van der Waals surface area (Å²) < 4.78 is 19.1. The van der Waals surface area contributed by atoms with E-state index in [0.717, 1.165) is 0 Å². The van der Waals surface area contributed by atoms with Gasteiger partial charge in [-0.2, -0.15) is 0 Å². The smallest absolute Gasteiger partial charge is 0.139 e. The van der Waals surface area contributed by atoms with E-state index in [1.807, 2.05) is 6.92 Å². The molecule has 1 atom stereocenters. The molecule has 0 aliphatic heterocycles. The predicted molar refractivity (Wildman–Crippen MR) is 85.8 cm³/mol. The van der Waals surface area contributed by atoms with Crippen molar-refractivity contribution in [2.24, 2.45) is 0 Å². The number of rotatable bonds is 4. The first kappa shape index (κ1) is 16.6. The Bertz CT molecular complexity index is 664. The van der Waals surface area contributed by atoms with Gasteiger partial charge in [-0.05, 0) is 35.0 Å². The Labute approximate surface area is 140 Å². The van der Waals surface area contributed by atoms with Gasteiger partial charge in [0.05, 0.1) is 21.1 Å². The van der Waals surface area contributed by atoms with Crippen molar-refractivity contribution in [3.63, 3.8) is 0 Å². The number of halogens is 4. The fourth-order valence-electron chi connectivity index (χ4n) is 1.92. The highest BCUT2D eigenvalue weighted by molar-refractivity contribution is 9.10. The van der Waals surface area contributed by atoms with Crippen LogP contribution in [0.4, 0.5) is 4.39 Å². The molecule has 0 bridgehead atoms. The third kappa shape index (κ3) is 3.51. The van der Waals surface area contributed by atoms with Crippen LogP contribution in [-0.4, -0.2) is 11.7 Å². The minimum Gasteiger partial charge on any atom is -0.492 e. The van der Waals surface area contributed by atoms with Crippen LogP contribution in [0.3, 0.4) is 0 Å². The lowest BCUT2D eigenvalue weighted by Crippen LogP contribution is -2.03. The van der Waals surface area contributed by atoms with Crippen molar-refractivity contribution in [3.05, 3.63) is 61.8 Å². The molecule has 1 unspecified atom stereocenters. The first-order valence-corrected chi connectivity index (χ1v) is 7.74. The van der Waals surface area contributed by atoms with E-state index in [9.17, 15) is 9.50 Å². The quantitative estimate of drug-likeness (QED) is 0.755. The first-order chi connectivity index (χ1) is 9.95. The van der Waals surface area contributed by atoms with Crippen LogP contribution in [0.5, 0.6) is 5.75 Å². The highest BCUT2D eigenvalue weighted by Gasteiger charge is 2.20. The minimum absolute atomic E-state index is 0.193. The number of aliphatic hydroxyl groups excluding tert-OH is 1. The molecule has 0 saturated carbocycles. The highest BCUT2D eigenvalue weighted by atomic mass is 79.9. The SMILES string of the molecule is CCOc1cc(Cl)c(C(O)c2cccc(F)c2Br)cc1Cl. The minimum atomic E-state index is -1.10. The van der Waals surface area contributed by atoms with Crippen molar-refractivity contribution in [1.82, 2.24) is 0 Å². The van der Waals surface area contributed by atoms with Crippen LogP contribution >= 0.6 is 39.1 Å². The van der Waals surface area contributed by atoms with Gasteiger partial charge in [0.1, 0.15) is 17.7 Å². The molecule has 21 heavy (non-hydrogen) atoms. The summed E-state index contributed by atoms with van der Waals surface area (Å²) in [7, 11) is 0. The van der Waals surface area contributed by atoms with E-state index in [1.54, 1.807) is 12.1 Å². The van der Waals surface area contributed by atoms with Crippen LogP contribution in [0, 0.1) is 5.82 Å². The lowest BCUT2D eigenvalue weighted by molar-refractivity contribution is 0.219. The van der Waals surface area contributed by atoms with Gasteiger partial charge in [-0.15, -0.1) is 0 Å². The van der Waals surface area contributed by atoms with Crippen LogP contribution in [0.1, 0.15) is 24.2 Å². The van der Waals surface area contributed by atoms with Gasteiger partial charge in [-0.1, -0.05) is 35.3 Å². The molecule has 0 aliphatic rings. The van der Waals surface area contributed by atoms with Gasteiger partial charge in [0.25, 0.3) is 0 Å². The van der Waals surface area contributed by atoms with Gasteiger partial charge in [0.2, 0.25) is 0 Å². The third-order valence-electron chi connectivity index (χ3n) is 2.92. The van der Waals surface area contributed by atoms with Crippen LogP contribution < -0.4 is 4.74 Å². The van der Waals surface area contributed by atoms with Gasteiger partial charge in [0, 0.05) is 17.2 Å². The summed E-state index contributed by atoms with van der Waals surface area (Å²) in [5, 5.41) is 11.1. The van der Waals surface area contributed by atoms with E-state index < -0.39 is 11.9 Å². The average Bonchev–Trinajstić information content (AvgIpc) is 2.45. The zero-order valence-electron chi connectivity index (χ0n) is 11.0. The maximum Gasteiger partial charge on any atom is 0.139 e. The summed E-state index contributed by atoms with van der Waals surface area (Å²) in [5.74, 6) is -0.0156. The Morgan fingerprint density at radius 1 is 1.24 bits per heavy atom. The number of benzene rings is 2. The molecule has 1 N–H and O–H groups in total. The number of ether oxygens (including phenoxy) is 1. The van der Waals surface area contributed by atoms with Gasteiger partial charge < -0.3 is 9.84 Å². The van der Waals surface area contributed by atoms with Crippen LogP contribution in [0.15, 0.2) is 34.8 Å². The summed E-state index contributed by atoms with van der Waals surface area (Å²) in [6, 6.07) is 7.49. The largest absolute Gasteiger partial charge is 0.492 e. The molecule has 0 aromatic heterocycles. The topological polar surface area (TPSA) is 29.5 Å². The van der Waals surface area contributed by atoms with E-state index in [-0.39, 0.29) is 4.47 Å². The van der Waals surface area contributed by atoms with E-state index in [0.29, 0.717) is 33.5 Å². The number of hydrogen-bond donors (Lipinski definition) is 1. The van der Waals surface area contributed by atoms with Crippen molar-refractivity contribution in [2.75, 3.05) is 6.61 Å². The van der Waals surface area contributed by atoms with Crippen LogP contribution in [0.25, 0.3) is 0 Å². The zero-order chi connectivity index (χ0) is 15.6. The molecular weight excluding hydrogens is 382 g/mol. The second-order valence-electron chi connectivity index (χ2n) is 4.28. The summed E-state index contributed by atoms with van der Waals surface area (Å²) in [4.78, 5) is 0. The summed E-state index contributed by atoms with van der Waals surface area (Å²) in [5.41, 5.74) is 0.758. The number of aliphatic hydroxyl groups is 1. The maximum absolute atomic E-state index is 13.6. The first-order valence-electron chi connectivity index (χ1n) is 6.19. The summed E-state index contributed by atoms with van der Waals surface area (Å²) in [6.07, 6.45) is -1.10.